The van der Waals surface area contributed by atoms with Gasteiger partial charge in [0.2, 0.25) is 0 Å². The molecular weight excluding hydrogens is 330 g/mol. The topological polar surface area (TPSA) is 76.2 Å². The summed E-state index contributed by atoms with van der Waals surface area (Å²) in [6.07, 6.45) is 5.61. The lowest BCUT2D eigenvalue weighted by Gasteiger charge is -2.32. The Morgan fingerprint density at radius 1 is 1.31 bits per heavy atom. The zero-order chi connectivity index (χ0) is 18.1. The van der Waals surface area contributed by atoms with Crippen molar-refractivity contribution in [2.75, 3.05) is 13.1 Å². The number of aromatic nitrogens is 4. The van der Waals surface area contributed by atoms with E-state index in [1.807, 2.05) is 29.3 Å². The predicted molar refractivity (Wildman–Crippen MR) is 97.7 cm³/mol. The summed E-state index contributed by atoms with van der Waals surface area (Å²) in [5, 5.41) is 18.2. The summed E-state index contributed by atoms with van der Waals surface area (Å²) in [5.41, 5.74) is 2.41. The Morgan fingerprint density at radius 3 is 2.92 bits per heavy atom. The third-order valence-electron chi connectivity index (χ3n) is 5.14. The van der Waals surface area contributed by atoms with E-state index in [0.717, 1.165) is 42.4 Å². The van der Waals surface area contributed by atoms with E-state index in [-0.39, 0.29) is 18.6 Å². The minimum absolute atomic E-state index is 0.0700. The van der Waals surface area contributed by atoms with Crippen LogP contribution >= 0.6 is 0 Å². The molecule has 1 aliphatic rings. The van der Waals surface area contributed by atoms with Crippen LogP contribution in [0, 0.1) is 0 Å². The van der Waals surface area contributed by atoms with Crippen molar-refractivity contribution < 1.29 is 9.90 Å². The standard InChI is InChI=1S/C19H23N5O2/c1-2-22-12-17(16-7-3-4-8-18(16)22)19(26)23-9-5-6-15(11-23)24-10-14(13-25)20-21-24/h3-4,7-8,10,12,15,25H,2,5-6,9,11,13H2,1H3. The summed E-state index contributed by atoms with van der Waals surface area (Å²) in [4.78, 5) is 15.1. The number of amides is 1. The van der Waals surface area contributed by atoms with E-state index in [1.165, 1.54) is 0 Å². The van der Waals surface area contributed by atoms with Crippen LogP contribution in [0.5, 0.6) is 0 Å². The second-order valence-corrected chi connectivity index (χ2v) is 6.74. The summed E-state index contributed by atoms with van der Waals surface area (Å²) in [6.45, 7) is 4.16. The van der Waals surface area contributed by atoms with Crippen molar-refractivity contribution in [1.29, 1.82) is 0 Å². The maximum Gasteiger partial charge on any atom is 0.256 e. The summed E-state index contributed by atoms with van der Waals surface area (Å²) < 4.78 is 3.90. The maximum atomic E-state index is 13.2. The van der Waals surface area contributed by atoms with Crippen molar-refractivity contribution in [2.45, 2.75) is 39.0 Å². The van der Waals surface area contributed by atoms with Gasteiger partial charge in [-0.3, -0.25) is 4.79 Å². The van der Waals surface area contributed by atoms with Gasteiger partial charge in [0.1, 0.15) is 5.69 Å². The number of rotatable bonds is 4. The molecule has 1 atom stereocenters. The van der Waals surface area contributed by atoms with E-state index in [9.17, 15) is 9.90 Å². The SMILES string of the molecule is CCn1cc(C(=O)N2CCCC(n3cc(CO)nn3)C2)c2ccccc21. The molecule has 0 aliphatic carbocycles. The second-order valence-electron chi connectivity index (χ2n) is 6.74. The molecule has 0 spiro atoms. The van der Waals surface area contributed by atoms with Gasteiger partial charge in [-0.05, 0) is 25.8 Å². The van der Waals surface area contributed by atoms with Crippen LogP contribution in [0.3, 0.4) is 0 Å². The fourth-order valence-corrected chi connectivity index (χ4v) is 3.77. The van der Waals surface area contributed by atoms with Crippen LogP contribution in [0.4, 0.5) is 0 Å². The quantitative estimate of drug-likeness (QED) is 0.780. The molecule has 3 aromatic rings. The number of carbonyl (C=O) groups is 1. The first-order chi connectivity index (χ1) is 12.7. The van der Waals surface area contributed by atoms with Crippen molar-refractivity contribution in [1.82, 2.24) is 24.5 Å². The summed E-state index contributed by atoms with van der Waals surface area (Å²) in [6, 6.07) is 8.15. The molecule has 1 aliphatic heterocycles. The molecule has 1 N–H and O–H groups in total. The van der Waals surface area contributed by atoms with Crippen LogP contribution in [0.2, 0.25) is 0 Å². The van der Waals surface area contributed by atoms with Crippen LogP contribution in [0.15, 0.2) is 36.7 Å². The number of aliphatic hydroxyl groups is 1. The van der Waals surface area contributed by atoms with E-state index < -0.39 is 0 Å². The van der Waals surface area contributed by atoms with Crippen molar-refractivity contribution in [3.63, 3.8) is 0 Å². The van der Waals surface area contributed by atoms with E-state index in [0.29, 0.717) is 12.2 Å². The lowest BCUT2D eigenvalue weighted by molar-refractivity contribution is 0.0673. The summed E-state index contributed by atoms with van der Waals surface area (Å²) >= 11 is 0. The van der Waals surface area contributed by atoms with Gasteiger partial charge in [0.05, 0.1) is 24.4 Å². The number of aliphatic hydroxyl groups excluding tert-OH is 1. The van der Waals surface area contributed by atoms with E-state index in [2.05, 4.69) is 27.9 Å². The number of nitrogens with zero attached hydrogens (tertiary/aromatic N) is 5. The highest BCUT2D eigenvalue weighted by Gasteiger charge is 2.28. The number of fused-ring (bicyclic) bond motifs is 1. The first-order valence-electron chi connectivity index (χ1n) is 9.10. The third kappa shape index (κ3) is 2.88. The summed E-state index contributed by atoms with van der Waals surface area (Å²) in [7, 11) is 0. The van der Waals surface area contributed by atoms with Crippen molar-refractivity contribution in [3.05, 3.63) is 47.9 Å². The van der Waals surface area contributed by atoms with Gasteiger partial charge in [-0.2, -0.15) is 0 Å². The highest BCUT2D eigenvalue weighted by molar-refractivity contribution is 6.07. The van der Waals surface area contributed by atoms with Crippen LogP contribution in [0.1, 0.15) is 41.9 Å². The molecule has 136 valence electrons. The predicted octanol–water partition coefficient (Wildman–Crippen LogP) is 2.22. The molecule has 0 radical (unpaired) electrons. The first kappa shape index (κ1) is 16.8. The number of benzene rings is 1. The number of likely N-dealkylation sites (tertiary alicyclic amines) is 1. The van der Waals surface area contributed by atoms with E-state index in [4.69, 9.17) is 0 Å². The Bertz CT molecular complexity index is 929. The zero-order valence-electron chi connectivity index (χ0n) is 14.9. The molecule has 26 heavy (non-hydrogen) atoms. The average molecular weight is 353 g/mol. The smallest absolute Gasteiger partial charge is 0.256 e. The highest BCUT2D eigenvalue weighted by Crippen LogP contribution is 2.26. The largest absolute Gasteiger partial charge is 0.390 e. The van der Waals surface area contributed by atoms with Gasteiger partial charge < -0.3 is 14.6 Å². The van der Waals surface area contributed by atoms with Gasteiger partial charge in [0.25, 0.3) is 5.91 Å². The fraction of sp³-hybridized carbons (Fsp3) is 0.421. The average Bonchev–Trinajstić information content (AvgIpc) is 3.32. The molecule has 0 saturated carbocycles. The van der Waals surface area contributed by atoms with Gasteiger partial charge in [0.15, 0.2) is 0 Å². The Morgan fingerprint density at radius 2 is 2.15 bits per heavy atom. The number of carbonyl (C=O) groups excluding carboxylic acids is 1. The van der Waals surface area contributed by atoms with Crippen molar-refractivity contribution >= 4 is 16.8 Å². The van der Waals surface area contributed by atoms with Crippen LogP contribution in [-0.2, 0) is 13.2 Å². The van der Waals surface area contributed by atoms with E-state index in [1.54, 1.807) is 10.9 Å². The Labute approximate surface area is 151 Å². The van der Waals surface area contributed by atoms with Gasteiger partial charge >= 0.3 is 0 Å². The Kier molecular flexibility index (Phi) is 4.46. The molecule has 3 heterocycles. The second kappa shape index (κ2) is 6.92. The zero-order valence-corrected chi connectivity index (χ0v) is 14.9. The summed E-state index contributed by atoms with van der Waals surface area (Å²) in [5.74, 6) is 0.0700. The molecule has 0 bridgehead atoms. The highest BCUT2D eigenvalue weighted by atomic mass is 16.3. The number of hydrogen-bond donors (Lipinski definition) is 1. The van der Waals surface area contributed by atoms with E-state index >= 15 is 0 Å². The van der Waals surface area contributed by atoms with Crippen molar-refractivity contribution in [2.24, 2.45) is 0 Å². The van der Waals surface area contributed by atoms with Crippen molar-refractivity contribution in [3.8, 4) is 0 Å². The molecule has 7 nitrogen and oxygen atoms in total. The molecule has 1 amide bonds. The van der Waals surface area contributed by atoms with Gasteiger partial charge in [-0.25, -0.2) is 4.68 Å². The Balaban J connectivity index is 1.60. The van der Waals surface area contributed by atoms with Crippen LogP contribution in [-0.4, -0.2) is 48.6 Å². The molecule has 1 unspecified atom stereocenters. The normalized spacial score (nSPS) is 17.8. The molecule has 2 aromatic heterocycles. The molecule has 4 rings (SSSR count). The molecular formula is C19H23N5O2. The number of para-hydroxylation sites is 1. The third-order valence-corrected chi connectivity index (χ3v) is 5.14. The van der Waals surface area contributed by atoms with Crippen LogP contribution in [0.25, 0.3) is 10.9 Å². The molecule has 1 saturated heterocycles. The fourth-order valence-electron chi connectivity index (χ4n) is 3.77. The number of aryl methyl sites for hydroxylation is 1. The molecule has 7 heteroatoms. The number of hydrogen-bond acceptors (Lipinski definition) is 4. The lowest BCUT2D eigenvalue weighted by atomic mass is 10.0. The number of piperidine rings is 1. The lowest BCUT2D eigenvalue weighted by Crippen LogP contribution is -2.40. The van der Waals surface area contributed by atoms with Crippen LogP contribution < -0.4 is 0 Å². The molecule has 1 fully saturated rings. The minimum Gasteiger partial charge on any atom is -0.390 e. The van der Waals surface area contributed by atoms with Gasteiger partial charge in [0, 0.05) is 36.7 Å². The van der Waals surface area contributed by atoms with Gasteiger partial charge in [-0.1, -0.05) is 23.4 Å². The first-order valence-corrected chi connectivity index (χ1v) is 9.10. The Hall–Kier alpha value is -2.67. The molecule has 1 aromatic carbocycles. The maximum absolute atomic E-state index is 13.2. The minimum atomic E-state index is -0.119. The van der Waals surface area contributed by atoms with Gasteiger partial charge in [-0.15, -0.1) is 5.10 Å². The monoisotopic (exact) mass is 353 g/mol.